The number of hydrogen-bond donors (Lipinski definition) is 0. The molecule has 3 heteroatoms. The first-order valence-corrected chi connectivity index (χ1v) is 5.53. The smallest absolute Gasteiger partial charge is 0.170 e. The van der Waals surface area contributed by atoms with Crippen molar-refractivity contribution in [2.24, 2.45) is 0 Å². The number of benzene rings is 1. The van der Waals surface area contributed by atoms with E-state index in [-0.39, 0.29) is 12.4 Å². The number of halogens is 1. The number of nitrogens with zero attached hydrogens (tertiary/aromatic N) is 2. The van der Waals surface area contributed by atoms with Crippen LogP contribution < -0.4 is 17.3 Å². The lowest BCUT2D eigenvalue weighted by atomic mass is 10.2. The van der Waals surface area contributed by atoms with E-state index in [1.165, 1.54) is 11.3 Å². The third-order valence-corrected chi connectivity index (χ3v) is 2.43. The largest absolute Gasteiger partial charge is 1.00 e. The van der Waals surface area contributed by atoms with Gasteiger partial charge in [-0.2, -0.15) is 0 Å². The van der Waals surface area contributed by atoms with E-state index >= 15 is 0 Å². The summed E-state index contributed by atoms with van der Waals surface area (Å²) in [5.41, 5.74) is 2.55. The van der Waals surface area contributed by atoms with Crippen LogP contribution in [-0.4, -0.2) is 38.0 Å². The zero-order valence-electron chi connectivity index (χ0n) is 10.6. The van der Waals surface area contributed by atoms with Crippen LogP contribution in [0.25, 0.3) is 0 Å². The second kappa shape index (κ2) is 7.29. The Kier molecular flexibility index (Phi) is 6.82. The summed E-state index contributed by atoms with van der Waals surface area (Å²) < 4.78 is 2.06. The summed E-state index contributed by atoms with van der Waals surface area (Å²) in [6.45, 7) is 6.49. The van der Waals surface area contributed by atoms with Gasteiger partial charge in [0.15, 0.2) is 6.21 Å². The quantitative estimate of drug-likeness (QED) is 0.495. The molecule has 16 heavy (non-hydrogen) atoms. The summed E-state index contributed by atoms with van der Waals surface area (Å²) in [6.07, 6.45) is 2.12. The minimum absolute atomic E-state index is 0. The molecule has 0 atom stereocenters. The van der Waals surface area contributed by atoms with Gasteiger partial charge in [0.1, 0.15) is 14.1 Å². The Hall–Kier alpha value is -1.02. The van der Waals surface area contributed by atoms with Gasteiger partial charge in [0.2, 0.25) is 0 Å². The van der Waals surface area contributed by atoms with Crippen molar-refractivity contribution < 1.29 is 17.0 Å². The third kappa shape index (κ3) is 4.23. The highest BCUT2D eigenvalue weighted by molar-refractivity contribution is 5.76. The van der Waals surface area contributed by atoms with Crippen LogP contribution in [-0.2, 0) is 0 Å². The normalized spacial score (nSPS) is 9.25. The Balaban J connectivity index is 0.00000225. The van der Waals surface area contributed by atoms with E-state index in [9.17, 15) is 0 Å². The molecule has 0 aliphatic carbocycles. The molecular formula is C13H21ClN2. The molecular weight excluding hydrogens is 220 g/mol. The van der Waals surface area contributed by atoms with Crippen LogP contribution in [0.3, 0.4) is 0 Å². The highest BCUT2D eigenvalue weighted by Gasteiger charge is 2.01. The first kappa shape index (κ1) is 15.0. The van der Waals surface area contributed by atoms with E-state index in [0.717, 1.165) is 13.1 Å². The molecule has 1 rings (SSSR count). The van der Waals surface area contributed by atoms with Crippen LogP contribution in [0.5, 0.6) is 0 Å². The van der Waals surface area contributed by atoms with Crippen molar-refractivity contribution in [2.45, 2.75) is 13.8 Å². The lowest BCUT2D eigenvalue weighted by molar-refractivity contribution is -0.458. The molecule has 0 N–H and O–H groups in total. The van der Waals surface area contributed by atoms with Crippen molar-refractivity contribution >= 4 is 11.9 Å². The fourth-order valence-corrected chi connectivity index (χ4v) is 1.66. The number of anilines is 1. The van der Waals surface area contributed by atoms with Crippen LogP contribution in [0.1, 0.15) is 19.4 Å². The van der Waals surface area contributed by atoms with Gasteiger partial charge in [0.25, 0.3) is 0 Å². The average Bonchev–Trinajstić information content (AvgIpc) is 2.21. The summed E-state index contributed by atoms with van der Waals surface area (Å²) in [6, 6.07) is 8.69. The van der Waals surface area contributed by atoms with Gasteiger partial charge in [-0.15, -0.1) is 0 Å². The molecule has 0 aliphatic rings. The molecule has 1 aromatic rings. The zero-order chi connectivity index (χ0) is 11.3. The maximum atomic E-state index is 2.35. The molecule has 90 valence electrons. The molecule has 0 radical (unpaired) electrons. The van der Waals surface area contributed by atoms with Crippen molar-refractivity contribution in [2.75, 3.05) is 32.1 Å². The highest BCUT2D eigenvalue weighted by Crippen LogP contribution is 2.13. The van der Waals surface area contributed by atoms with E-state index in [1.54, 1.807) is 0 Å². The van der Waals surface area contributed by atoms with Crippen molar-refractivity contribution in [3.05, 3.63) is 29.8 Å². The lowest BCUT2D eigenvalue weighted by Gasteiger charge is -2.20. The standard InChI is InChI=1S/C13H21N2.ClH/c1-5-15(6-2)13-9-7-12(8-10-13)11-14(3)4;/h7-11H,5-6H2,1-4H3;1H/q+1;/p-1. The molecule has 0 heterocycles. The predicted molar refractivity (Wildman–Crippen MR) is 67.3 cm³/mol. The van der Waals surface area contributed by atoms with E-state index in [1.807, 2.05) is 14.1 Å². The first-order chi connectivity index (χ1) is 7.17. The molecule has 2 nitrogen and oxygen atoms in total. The zero-order valence-corrected chi connectivity index (χ0v) is 11.3. The molecule has 0 aromatic heterocycles. The minimum Gasteiger partial charge on any atom is -1.00 e. The number of hydrogen-bond acceptors (Lipinski definition) is 1. The Morgan fingerprint density at radius 1 is 1.06 bits per heavy atom. The van der Waals surface area contributed by atoms with Crippen LogP contribution >= 0.6 is 0 Å². The van der Waals surface area contributed by atoms with Crippen LogP contribution in [0, 0.1) is 0 Å². The minimum atomic E-state index is 0. The fourth-order valence-electron chi connectivity index (χ4n) is 1.66. The maximum Gasteiger partial charge on any atom is 0.170 e. The monoisotopic (exact) mass is 240 g/mol. The maximum absolute atomic E-state index is 2.35. The van der Waals surface area contributed by atoms with Crippen LogP contribution in [0.4, 0.5) is 5.69 Å². The molecule has 0 bridgehead atoms. The summed E-state index contributed by atoms with van der Waals surface area (Å²) in [5.74, 6) is 0. The second-order valence-corrected chi connectivity index (χ2v) is 3.86. The fraction of sp³-hybridized carbons (Fsp3) is 0.462. The van der Waals surface area contributed by atoms with Gasteiger partial charge in [-0.05, 0) is 38.1 Å². The molecule has 0 spiro atoms. The van der Waals surface area contributed by atoms with E-state index in [0.29, 0.717) is 0 Å². The summed E-state index contributed by atoms with van der Waals surface area (Å²) >= 11 is 0. The van der Waals surface area contributed by atoms with Gasteiger partial charge >= 0.3 is 0 Å². The number of rotatable bonds is 4. The third-order valence-electron chi connectivity index (χ3n) is 2.43. The Bertz CT molecular complexity index is 322. The molecule has 0 amide bonds. The average molecular weight is 241 g/mol. The Morgan fingerprint density at radius 2 is 1.56 bits per heavy atom. The topological polar surface area (TPSA) is 6.25 Å². The van der Waals surface area contributed by atoms with E-state index in [2.05, 4.69) is 53.8 Å². The summed E-state index contributed by atoms with van der Waals surface area (Å²) in [7, 11) is 4.08. The Labute approximate surface area is 105 Å². The van der Waals surface area contributed by atoms with Crippen LogP contribution in [0.15, 0.2) is 24.3 Å². The van der Waals surface area contributed by atoms with Crippen LogP contribution in [0.2, 0.25) is 0 Å². The van der Waals surface area contributed by atoms with Crippen molar-refractivity contribution in [1.29, 1.82) is 0 Å². The SMILES string of the molecule is CCN(CC)c1ccc(C=[N+](C)C)cc1.[Cl-]. The first-order valence-electron chi connectivity index (χ1n) is 5.53. The molecule has 1 aromatic carbocycles. The second-order valence-electron chi connectivity index (χ2n) is 3.86. The van der Waals surface area contributed by atoms with E-state index < -0.39 is 0 Å². The highest BCUT2D eigenvalue weighted by atomic mass is 35.5. The van der Waals surface area contributed by atoms with E-state index in [4.69, 9.17) is 0 Å². The predicted octanol–water partition coefficient (Wildman–Crippen LogP) is -0.772. The molecule has 0 saturated heterocycles. The molecule has 0 fully saturated rings. The summed E-state index contributed by atoms with van der Waals surface area (Å²) in [4.78, 5) is 2.35. The van der Waals surface area contributed by atoms with Gasteiger partial charge in [-0.1, -0.05) is 0 Å². The van der Waals surface area contributed by atoms with Gasteiger partial charge in [0.05, 0.1) is 0 Å². The Morgan fingerprint density at radius 3 is 1.94 bits per heavy atom. The van der Waals surface area contributed by atoms with Gasteiger partial charge in [0, 0.05) is 24.3 Å². The molecule has 0 saturated carbocycles. The van der Waals surface area contributed by atoms with Crippen molar-refractivity contribution in [3.8, 4) is 0 Å². The summed E-state index contributed by atoms with van der Waals surface area (Å²) in [5, 5.41) is 0. The van der Waals surface area contributed by atoms with Crippen molar-refractivity contribution in [1.82, 2.24) is 0 Å². The molecule has 0 unspecified atom stereocenters. The van der Waals surface area contributed by atoms with Gasteiger partial charge in [-0.3, -0.25) is 0 Å². The lowest BCUT2D eigenvalue weighted by Crippen LogP contribution is -3.00. The van der Waals surface area contributed by atoms with Crippen molar-refractivity contribution in [3.63, 3.8) is 0 Å². The molecule has 0 aliphatic heterocycles. The van der Waals surface area contributed by atoms with Gasteiger partial charge < -0.3 is 17.3 Å². The van der Waals surface area contributed by atoms with Gasteiger partial charge in [-0.25, -0.2) is 4.58 Å².